The highest BCUT2D eigenvalue weighted by atomic mass is 16.5. The molecule has 0 aromatic carbocycles. The highest BCUT2D eigenvalue weighted by Gasteiger charge is 2.37. The molecule has 2 aliphatic rings. The molecule has 0 saturated carbocycles. The fourth-order valence-electron chi connectivity index (χ4n) is 2.77. The van der Waals surface area contributed by atoms with E-state index in [1.165, 1.54) is 5.69 Å². The van der Waals surface area contributed by atoms with Crippen molar-refractivity contribution in [1.82, 2.24) is 9.78 Å². The van der Waals surface area contributed by atoms with Gasteiger partial charge in [0.05, 0.1) is 11.2 Å². The third-order valence-corrected chi connectivity index (χ3v) is 3.86. The summed E-state index contributed by atoms with van der Waals surface area (Å²) in [5, 5.41) is 11.8. The first-order chi connectivity index (χ1) is 8.24. The minimum Gasteiger partial charge on any atom is -0.381 e. The molecule has 1 saturated heterocycles. The van der Waals surface area contributed by atoms with Crippen LogP contribution in [0.25, 0.3) is 0 Å². The molecular weight excluding hydrogens is 216 g/mol. The molecular formula is C12H20N4O. The van der Waals surface area contributed by atoms with Gasteiger partial charge in [0.15, 0.2) is 0 Å². The molecule has 1 aromatic rings. The third-order valence-electron chi connectivity index (χ3n) is 3.86. The lowest BCUT2D eigenvalue weighted by atomic mass is 9.88. The number of anilines is 2. The molecule has 17 heavy (non-hydrogen) atoms. The van der Waals surface area contributed by atoms with Crippen molar-refractivity contribution < 1.29 is 4.74 Å². The van der Waals surface area contributed by atoms with E-state index in [0.717, 1.165) is 50.7 Å². The maximum atomic E-state index is 5.46. The van der Waals surface area contributed by atoms with Gasteiger partial charge in [-0.2, -0.15) is 5.10 Å². The average molecular weight is 236 g/mol. The van der Waals surface area contributed by atoms with Crippen molar-refractivity contribution in [2.24, 2.45) is 0 Å². The number of aromatic nitrogens is 2. The second-order valence-corrected chi connectivity index (χ2v) is 5.00. The molecule has 94 valence electrons. The Morgan fingerprint density at radius 1 is 1.41 bits per heavy atom. The lowest BCUT2D eigenvalue weighted by Crippen LogP contribution is -2.51. The minimum absolute atomic E-state index is 0.157. The number of hydrogen-bond acceptors (Lipinski definition) is 4. The first-order valence-electron chi connectivity index (χ1n) is 6.41. The molecule has 1 aromatic heterocycles. The van der Waals surface area contributed by atoms with Gasteiger partial charge in [0.1, 0.15) is 11.5 Å². The van der Waals surface area contributed by atoms with Gasteiger partial charge in [-0.25, -0.2) is 4.68 Å². The Bertz CT molecular complexity index is 420. The van der Waals surface area contributed by atoms with Crippen molar-refractivity contribution in [2.45, 2.75) is 38.8 Å². The van der Waals surface area contributed by atoms with Crippen LogP contribution in [0, 0.1) is 6.92 Å². The second kappa shape index (κ2) is 3.91. The van der Waals surface area contributed by atoms with E-state index in [2.05, 4.69) is 29.6 Å². The number of hydrogen-bond donors (Lipinski definition) is 2. The molecule has 3 heterocycles. The topological polar surface area (TPSA) is 51.1 Å². The molecule has 2 N–H and O–H groups in total. The Labute approximate surface area is 102 Å². The summed E-state index contributed by atoms with van der Waals surface area (Å²) in [5.74, 6) is 1.15. The zero-order valence-electron chi connectivity index (χ0n) is 10.5. The van der Waals surface area contributed by atoms with E-state index in [1.54, 1.807) is 0 Å². The standard InChI is InChI=1S/C12H20N4O/c1-3-16-11-10(9(2)15-16)13-8-12(14-11)4-6-17-7-5-12/h13-14H,3-8H2,1-2H3. The van der Waals surface area contributed by atoms with E-state index < -0.39 is 0 Å². The highest BCUT2D eigenvalue weighted by Crippen LogP contribution is 2.36. The van der Waals surface area contributed by atoms with Gasteiger partial charge in [0.2, 0.25) is 0 Å². The molecule has 0 unspecified atom stereocenters. The maximum Gasteiger partial charge on any atom is 0.148 e. The van der Waals surface area contributed by atoms with Crippen molar-refractivity contribution in [3.05, 3.63) is 5.69 Å². The van der Waals surface area contributed by atoms with Crippen LogP contribution < -0.4 is 10.6 Å². The Morgan fingerprint density at radius 2 is 2.18 bits per heavy atom. The first-order valence-corrected chi connectivity index (χ1v) is 6.41. The minimum atomic E-state index is 0.157. The fourth-order valence-corrected chi connectivity index (χ4v) is 2.77. The van der Waals surface area contributed by atoms with Crippen LogP contribution in [0.1, 0.15) is 25.5 Å². The number of aryl methyl sites for hydroxylation is 2. The van der Waals surface area contributed by atoms with Crippen molar-refractivity contribution in [3.63, 3.8) is 0 Å². The number of nitrogens with zero attached hydrogens (tertiary/aromatic N) is 2. The van der Waals surface area contributed by atoms with Crippen LogP contribution in [0.4, 0.5) is 11.5 Å². The van der Waals surface area contributed by atoms with Crippen LogP contribution in [0.5, 0.6) is 0 Å². The van der Waals surface area contributed by atoms with Crippen LogP contribution in [0.15, 0.2) is 0 Å². The summed E-state index contributed by atoms with van der Waals surface area (Å²) in [6.07, 6.45) is 2.13. The number of fused-ring (bicyclic) bond motifs is 1. The molecule has 3 rings (SSSR count). The highest BCUT2D eigenvalue weighted by molar-refractivity contribution is 5.71. The lowest BCUT2D eigenvalue weighted by Gasteiger charge is -2.42. The van der Waals surface area contributed by atoms with Crippen LogP contribution >= 0.6 is 0 Å². The summed E-state index contributed by atoms with van der Waals surface area (Å²) in [6, 6.07) is 0. The van der Waals surface area contributed by atoms with E-state index in [4.69, 9.17) is 4.74 Å². The predicted octanol–water partition coefficient (Wildman–Crippen LogP) is 1.60. The van der Waals surface area contributed by atoms with Crippen LogP contribution in [0.3, 0.4) is 0 Å². The molecule has 0 atom stereocenters. The Kier molecular flexibility index (Phi) is 2.50. The Balaban J connectivity index is 1.93. The first kappa shape index (κ1) is 10.9. The van der Waals surface area contributed by atoms with Gasteiger partial charge in [0.25, 0.3) is 0 Å². The lowest BCUT2D eigenvalue weighted by molar-refractivity contribution is 0.0632. The van der Waals surface area contributed by atoms with Crippen molar-refractivity contribution in [2.75, 3.05) is 30.4 Å². The molecule has 0 amide bonds. The zero-order valence-corrected chi connectivity index (χ0v) is 10.5. The molecule has 0 bridgehead atoms. The Hall–Kier alpha value is -1.23. The molecule has 5 nitrogen and oxygen atoms in total. The monoisotopic (exact) mass is 236 g/mol. The van der Waals surface area contributed by atoms with Gasteiger partial charge in [-0.1, -0.05) is 0 Å². The summed E-state index contributed by atoms with van der Waals surface area (Å²) >= 11 is 0. The average Bonchev–Trinajstić information content (AvgIpc) is 2.66. The van der Waals surface area contributed by atoms with E-state index in [0.29, 0.717) is 0 Å². The van der Waals surface area contributed by atoms with Crippen molar-refractivity contribution in [3.8, 4) is 0 Å². The summed E-state index contributed by atoms with van der Waals surface area (Å²) in [4.78, 5) is 0. The van der Waals surface area contributed by atoms with Gasteiger partial charge in [-0.15, -0.1) is 0 Å². The summed E-state index contributed by atoms with van der Waals surface area (Å²) in [7, 11) is 0. The van der Waals surface area contributed by atoms with Crippen LogP contribution in [0.2, 0.25) is 0 Å². The quantitative estimate of drug-likeness (QED) is 0.777. The fraction of sp³-hybridized carbons (Fsp3) is 0.750. The molecule has 0 radical (unpaired) electrons. The smallest absolute Gasteiger partial charge is 0.148 e. The van der Waals surface area contributed by atoms with Crippen LogP contribution in [-0.2, 0) is 11.3 Å². The van der Waals surface area contributed by atoms with Gasteiger partial charge in [0, 0.05) is 26.3 Å². The van der Waals surface area contributed by atoms with E-state index in [-0.39, 0.29) is 5.54 Å². The summed E-state index contributed by atoms with van der Waals surface area (Å²) in [6.45, 7) is 7.75. The van der Waals surface area contributed by atoms with E-state index in [1.807, 2.05) is 4.68 Å². The number of rotatable bonds is 1. The van der Waals surface area contributed by atoms with Gasteiger partial charge in [-0.3, -0.25) is 0 Å². The summed E-state index contributed by atoms with van der Waals surface area (Å²) in [5.41, 5.74) is 2.41. The van der Waals surface area contributed by atoms with Gasteiger partial charge in [-0.05, 0) is 26.7 Å². The summed E-state index contributed by atoms with van der Waals surface area (Å²) < 4.78 is 7.51. The Morgan fingerprint density at radius 3 is 2.88 bits per heavy atom. The normalized spacial score (nSPS) is 21.8. The third kappa shape index (κ3) is 1.69. The predicted molar refractivity (Wildman–Crippen MR) is 67.5 cm³/mol. The largest absolute Gasteiger partial charge is 0.381 e. The zero-order chi connectivity index (χ0) is 11.9. The van der Waals surface area contributed by atoms with Crippen molar-refractivity contribution in [1.29, 1.82) is 0 Å². The number of ether oxygens (including phenoxy) is 1. The maximum absolute atomic E-state index is 5.46. The molecule has 0 aliphatic carbocycles. The SMILES string of the molecule is CCn1nc(C)c2c1NC1(CCOCC1)CN2. The second-order valence-electron chi connectivity index (χ2n) is 5.00. The molecule has 1 fully saturated rings. The van der Waals surface area contributed by atoms with E-state index in [9.17, 15) is 0 Å². The van der Waals surface area contributed by atoms with E-state index >= 15 is 0 Å². The molecule has 1 spiro atoms. The van der Waals surface area contributed by atoms with Gasteiger partial charge >= 0.3 is 0 Å². The molecule has 2 aliphatic heterocycles. The molecule has 5 heteroatoms. The van der Waals surface area contributed by atoms with Crippen LogP contribution in [-0.4, -0.2) is 35.1 Å². The number of nitrogens with one attached hydrogen (secondary N) is 2. The van der Waals surface area contributed by atoms with Gasteiger partial charge < -0.3 is 15.4 Å². The van der Waals surface area contributed by atoms with Crippen molar-refractivity contribution >= 4 is 11.5 Å².